The Morgan fingerprint density at radius 3 is 2.38 bits per heavy atom. The standard InChI is InChI=1S/C13H24N2O.C6H13NO/c1-8-4-9-5-10(11(8)15-3)7-13(2,6-9)12(14)16;1-4-7-6(2,3)5-8/h8-11,15H,4-7H2,1-3H3,(H2,14,16);5,7H,4H2,1-3H3. The Bertz CT molecular complexity index is 436. The van der Waals surface area contributed by atoms with Crippen LogP contribution in [0.5, 0.6) is 0 Å². The summed E-state index contributed by atoms with van der Waals surface area (Å²) in [5.74, 6) is 1.96. The van der Waals surface area contributed by atoms with Gasteiger partial charge in [-0.15, -0.1) is 0 Å². The molecule has 5 nitrogen and oxygen atoms in total. The number of carbonyl (C=O) groups is 2. The lowest BCUT2D eigenvalue weighted by Gasteiger charge is -2.49. The Kier molecular flexibility index (Phi) is 7.42. The maximum Gasteiger partial charge on any atom is 0.223 e. The lowest BCUT2D eigenvalue weighted by Crippen LogP contribution is -2.52. The number of likely N-dealkylation sites (N-methyl/N-ethyl adjacent to an activating group) is 1. The smallest absolute Gasteiger partial charge is 0.223 e. The number of hydrogen-bond acceptors (Lipinski definition) is 4. The van der Waals surface area contributed by atoms with Gasteiger partial charge in [0.1, 0.15) is 6.29 Å². The molecule has 0 saturated heterocycles. The number of aldehydes is 1. The van der Waals surface area contributed by atoms with Crippen LogP contribution in [0.25, 0.3) is 0 Å². The van der Waals surface area contributed by atoms with Crippen LogP contribution in [-0.2, 0) is 9.59 Å². The van der Waals surface area contributed by atoms with E-state index in [9.17, 15) is 9.59 Å². The zero-order valence-electron chi connectivity index (χ0n) is 16.3. The molecule has 0 spiro atoms. The van der Waals surface area contributed by atoms with Crippen molar-refractivity contribution in [2.45, 2.75) is 71.9 Å². The van der Waals surface area contributed by atoms with Crippen molar-refractivity contribution in [1.29, 1.82) is 0 Å². The first-order chi connectivity index (χ1) is 11.1. The van der Waals surface area contributed by atoms with Crippen LogP contribution in [0.1, 0.15) is 60.3 Å². The van der Waals surface area contributed by atoms with E-state index in [1.54, 1.807) is 0 Å². The predicted octanol–water partition coefficient (Wildman–Crippen LogP) is 2.10. The number of hydrogen-bond donors (Lipinski definition) is 3. The van der Waals surface area contributed by atoms with Crippen molar-refractivity contribution < 1.29 is 9.59 Å². The predicted molar refractivity (Wildman–Crippen MR) is 98.6 cm³/mol. The van der Waals surface area contributed by atoms with Crippen LogP contribution in [-0.4, -0.2) is 37.4 Å². The van der Waals surface area contributed by atoms with E-state index in [4.69, 9.17) is 5.73 Å². The Morgan fingerprint density at radius 2 is 1.96 bits per heavy atom. The Balaban J connectivity index is 0.000000307. The highest BCUT2D eigenvalue weighted by atomic mass is 16.1. The molecule has 4 N–H and O–H groups in total. The van der Waals surface area contributed by atoms with Crippen molar-refractivity contribution in [2.75, 3.05) is 13.6 Å². The molecule has 2 bridgehead atoms. The van der Waals surface area contributed by atoms with Gasteiger partial charge in [0.2, 0.25) is 5.91 Å². The molecule has 2 aliphatic carbocycles. The van der Waals surface area contributed by atoms with Gasteiger partial charge in [-0.3, -0.25) is 4.79 Å². The molecular weight excluding hydrogens is 302 g/mol. The van der Waals surface area contributed by atoms with E-state index in [1.807, 2.05) is 27.8 Å². The zero-order chi connectivity index (χ0) is 18.5. The summed E-state index contributed by atoms with van der Waals surface area (Å²) >= 11 is 0. The van der Waals surface area contributed by atoms with Crippen molar-refractivity contribution in [3.63, 3.8) is 0 Å². The number of nitrogens with one attached hydrogen (secondary N) is 2. The fraction of sp³-hybridized carbons (Fsp3) is 0.895. The van der Waals surface area contributed by atoms with Gasteiger partial charge in [-0.2, -0.15) is 0 Å². The fourth-order valence-electron chi connectivity index (χ4n) is 4.70. The Hall–Kier alpha value is -0.940. The normalized spacial score (nSPS) is 35.6. The van der Waals surface area contributed by atoms with Crippen LogP contribution in [0.3, 0.4) is 0 Å². The van der Waals surface area contributed by atoms with Crippen molar-refractivity contribution >= 4 is 12.2 Å². The number of primary amides is 1. The van der Waals surface area contributed by atoms with Crippen LogP contribution in [0.15, 0.2) is 0 Å². The maximum absolute atomic E-state index is 11.6. The monoisotopic (exact) mass is 339 g/mol. The van der Waals surface area contributed by atoms with Crippen LogP contribution in [0.4, 0.5) is 0 Å². The van der Waals surface area contributed by atoms with Gasteiger partial charge in [0, 0.05) is 11.5 Å². The van der Waals surface area contributed by atoms with Crippen LogP contribution < -0.4 is 16.4 Å². The molecule has 0 aromatic carbocycles. The van der Waals surface area contributed by atoms with Gasteiger partial charge in [0.15, 0.2) is 0 Å². The van der Waals surface area contributed by atoms with E-state index in [0.29, 0.717) is 17.9 Å². The average Bonchev–Trinajstić information content (AvgIpc) is 2.47. The third kappa shape index (κ3) is 5.28. The van der Waals surface area contributed by atoms with Gasteiger partial charge < -0.3 is 21.2 Å². The molecule has 0 aliphatic heterocycles. The fourth-order valence-corrected chi connectivity index (χ4v) is 4.70. The summed E-state index contributed by atoms with van der Waals surface area (Å²) in [4.78, 5) is 21.7. The lowest BCUT2D eigenvalue weighted by atomic mass is 9.57. The van der Waals surface area contributed by atoms with E-state index < -0.39 is 0 Å². The lowest BCUT2D eigenvalue weighted by molar-refractivity contribution is -0.132. The van der Waals surface area contributed by atoms with Gasteiger partial charge in [-0.1, -0.05) is 20.8 Å². The molecule has 5 heteroatoms. The molecule has 2 rings (SSSR count). The molecule has 0 aromatic rings. The zero-order valence-corrected chi connectivity index (χ0v) is 16.3. The number of fused-ring (bicyclic) bond motifs is 2. The second-order valence-electron chi connectivity index (χ2n) is 8.59. The second-order valence-corrected chi connectivity index (χ2v) is 8.59. The number of rotatable bonds is 5. The van der Waals surface area contributed by atoms with Gasteiger partial charge in [-0.05, 0) is 70.9 Å². The third-order valence-electron chi connectivity index (χ3n) is 5.77. The third-order valence-corrected chi connectivity index (χ3v) is 5.77. The minimum atomic E-state index is -0.339. The van der Waals surface area contributed by atoms with Crippen molar-refractivity contribution in [3.05, 3.63) is 0 Å². The molecule has 2 fully saturated rings. The SMILES string of the molecule is CCNC(C)(C)C=O.CNC1C(C)CC2CC1CC(C)(C(N)=O)C2. The summed E-state index contributed by atoms with van der Waals surface area (Å²) in [6, 6.07) is 0.565. The summed E-state index contributed by atoms with van der Waals surface area (Å²) in [6.07, 6.45) is 5.40. The number of nitrogens with two attached hydrogens (primary N) is 1. The summed E-state index contributed by atoms with van der Waals surface area (Å²) in [7, 11) is 2.04. The minimum absolute atomic E-state index is 0.105. The van der Waals surface area contributed by atoms with Crippen LogP contribution in [0.2, 0.25) is 0 Å². The van der Waals surface area contributed by atoms with Gasteiger partial charge in [0.05, 0.1) is 5.54 Å². The van der Waals surface area contributed by atoms with Crippen LogP contribution >= 0.6 is 0 Å². The van der Waals surface area contributed by atoms with Crippen molar-refractivity contribution in [2.24, 2.45) is 28.9 Å². The topological polar surface area (TPSA) is 84.2 Å². The summed E-state index contributed by atoms with van der Waals surface area (Å²) in [6.45, 7) is 10.9. The minimum Gasteiger partial charge on any atom is -0.369 e. The molecule has 0 heterocycles. The molecule has 24 heavy (non-hydrogen) atoms. The highest BCUT2D eigenvalue weighted by molar-refractivity contribution is 5.80. The molecular formula is C19H37N3O2. The summed E-state index contributed by atoms with van der Waals surface area (Å²) < 4.78 is 0. The first-order valence-corrected chi connectivity index (χ1v) is 9.27. The highest BCUT2D eigenvalue weighted by Crippen LogP contribution is 2.50. The van der Waals surface area contributed by atoms with E-state index >= 15 is 0 Å². The van der Waals surface area contributed by atoms with Crippen molar-refractivity contribution in [1.82, 2.24) is 10.6 Å². The van der Waals surface area contributed by atoms with Crippen molar-refractivity contribution in [3.8, 4) is 0 Å². The Morgan fingerprint density at radius 1 is 1.33 bits per heavy atom. The van der Waals surface area contributed by atoms with Gasteiger partial charge >= 0.3 is 0 Å². The molecule has 5 unspecified atom stereocenters. The quantitative estimate of drug-likeness (QED) is 0.670. The Labute approximate surface area is 147 Å². The highest BCUT2D eigenvalue weighted by Gasteiger charge is 2.47. The molecule has 0 aromatic heterocycles. The van der Waals surface area contributed by atoms with Crippen LogP contribution in [0, 0.1) is 23.2 Å². The molecule has 0 radical (unpaired) electrons. The van der Waals surface area contributed by atoms with Gasteiger partial charge in [0.25, 0.3) is 0 Å². The molecule has 5 atom stereocenters. The largest absolute Gasteiger partial charge is 0.369 e. The summed E-state index contributed by atoms with van der Waals surface area (Å²) in [5, 5.41) is 6.44. The first kappa shape index (κ1) is 21.1. The average molecular weight is 340 g/mol. The van der Waals surface area contributed by atoms with E-state index in [-0.39, 0.29) is 16.9 Å². The van der Waals surface area contributed by atoms with Gasteiger partial charge in [-0.25, -0.2) is 0 Å². The molecule has 2 saturated carbocycles. The number of carbonyl (C=O) groups excluding carboxylic acids is 2. The molecule has 1 amide bonds. The molecule has 2 aliphatic rings. The molecule has 140 valence electrons. The second kappa shape index (κ2) is 8.43. The number of amides is 1. The summed E-state index contributed by atoms with van der Waals surface area (Å²) in [5.41, 5.74) is 4.97. The van der Waals surface area contributed by atoms with E-state index in [0.717, 1.165) is 31.6 Å². The first-order valence-electron chi connectivity index (χ1n) is 9.27. The van der Waals surface area contributed by atoms with E-state index in [2.05, 4.69) is 24.5 Å². The maximum atomic E-state index is 11.6. The van der Waals surface area contributed by atoms with E-state index in [1.165, 1.54) is 12.8 Å².